The highest BCUT2D eigenvalue weighted by molar-refractivity contribution is 5.10. The largest absolute Gasteiger partial charge is 0.260 e. The van der Waals surface area contributed by atoms with Gasteiger partial charge in [-0.15, -0.1) is 0 Å². The third kappa shape index (κ3) is 1.82. The van der Waals surface area contributed by atoms with Crippen molar-refractivity contribution in [3.63, 3.8) is 0 Å². The first-order valence-corrected chi connectivity index (χ1v) is 4.36. The SMILES string of the molecule is [N-]=[N+]=NC1CC(c2ccccn2)NN1. The number of aromatic nitrogens is 1. The van der Waals surface area contributed by atoms with Crippen LogP contribution in [0, 0.1) is 0 Å². The lowest BCUT2D eigenvalue weighted by Crippen LogP contribution is -2.29. The molecule has 2 atom stereocenters. The van der Waals surface area contributed by atoms with Gasteiger partial charge in [0.15, 0.2) is 0 Å². The predicted octanol–water partition coefficient (Wildman–Crippen LogP) is 1.26. The van der Waals surface area contributed by atoms with Crippen molar-refractivity contribution < 1.29 is 0 Å². The first kappa shape index (κ1) is 8.96. The van der Waals surface area contributed by atoms with Gasteiger partial charge in [-0.3, -0.25) is 4.98 Å². The second-order valence-electron chi connectivity index (χ2n) is 3.05. The summed E-state index contributed by atoms with van der Waals surface area (Å²) in [5.41, 5.74) is 15.1. The second-order valence-corrected chi connectivity index (χ2v) is 3.05. The molecule has 6 nitrogen and oxygen atoms in total. The molecule has 72 valence electrons. The summed E-state index contributed by atoms with van der Waals surface area (Å²) in [6.45, 7) is 0. The summed E-state index contributed by atoms with van der Waals surface area (Å²) in [4.78, 5) is 6.97. The quantitative estimate of drug-likeness (QED) is 0.418. The monoisotopic (exact) mass is 190 g/mol. The summed E-state index contributed by atoms with van der Waals surface area (Å²) in [5.74, 6) is 0. The molecule has 1 aliphatic rings. The Balaban J connectivity index is 2.06. The number of hydrogen-bond donors (Lipinski definition) is 2. The molecular weight excluding hydrogens is 180 g/mol. The smallest absolute Gasteiger partial charge is 0.102 e. The fraction of sp³-hybridized carbons (Fsp3) is 0.375. The topological polar surface area (TPSA) is 85.7 Å². The molecule has 1 fully saturated rings. The van der Waals surface area contributed by atoms with Crippen molar-refractivity contribution in [2.24, 2.45) is 5.11 Å². The van der Waals surface area contributed by atoms with Crippen molar-refractivity contribution in [3.8, 4) is 0 Å². The van der Waals surface area contributed by atoms with Crippen LogP contribution in [0.3, 0.4) is 0 Å². The molecule has 0 saturated carbocycles. The fourth-order valence-corrected chi connectivity index (χ4v) is 1.45. The van der Waals surface area contributed by atoms with Crippen LogP contribution in [0.4, 0.5) is 0 Å². The van der Waals surface area contributed by atoms with Gasteiger partial charge in [-0.1, -0.05) is 11.2 Å². The van der Waals surface area contributed by atoms with E-state index < -0.39 is 0 Å². The molecule has 1 aromatic rings. The van der Waals surface area contributed by atoms with Gasteiger partial charge >= 0.3 is 0 Å². The maximum atomic E-state index is 8.26. The Labute approximate surface area is 80.9 Å². The lowest BCUT2D eigenvalue weighted by Gasteiger charge is -2.06. The molecule has 1 aromatic heterocycles. The van der Waals surface area contributed by atoms with Gasteiger partial charge in [-0.25, -0.2) is 10.9 Å². The minimum atomic E-state index is -0.188. The molecule has 0 spiro atoms. The van der Waals surface area contributed by atoms with Gasteiger partial charge in [0.2, 0.25) is 0 Å². The average Bonchev–Trinajstić information content (AvgIpc) is 2.68. The van der Waals surface area contributed by atoms with Crippen molar-refractivity contribution in [1.29, 1.82) is 0 Å². The van der Waals surface area contributed by atoms with Crippen LogP contribution in [0.5, 0.6) is 0 Å². The van der Waals surface area contributed by atoms with Gasteiger partial charge < -0.3 is 0 Å². The van der Waals surface area contributed by atoms with E-state index in [4.69, 9.17) is 5.53 Å². The maximum absolute atomic E-state index is 8.26. The Morgan fingerprint density at radius 3 is 3.14 bits per heavy atom. The maximum Gasteiger partial charge on any atom is 0.102 e. The highest BCUT2D eigenvalue weighted by atomic mass is 15.5. The van der Waals surface area contributed by atoms with E-state index in [1.165, 1.54) is 0 Å². The highest BCUT2D eigenvalue weighted by Crippen LogP contribution is 2.20. The van der Waals surface area contributed by atoms with Crippen LogP contribution in [-0.2, 0) is 0 Å². The zero-order valence-electron chi connectivity index (χ0n) is 7.46. The van der Waals surface area contributed by atoms with Crippen LogP contribution >= 0.6 is 0 Å². The van der Waals surface area contributed by atoms with Crippen LogP contribution in [0.25, 0.3) is 10.4 Å². The second kappa shape index (κ2) is 4.06. The van der Waals surface area contributed by atoms with E-state index in [0.29, 0.717) is 0 Å². The fourth-order valence-electron chi connectivity index (χ4n) is 1.45. The summed E-state index contributed by atoms with van der Waals surface area (Å²) >= 11 is 0. The Bertz CT molecular complexity index is 344. The number of rotatable bonds is 2. The zero-order valence-corrected chi connectivity index (χ0v) is 7.46. The van der Waals surface area contributed by atoms with Crippen LogP contribution < -0.4 is 10.9 Å². The average molecular weight is 190 g/mol. The van der Waals surface area contributed by atoms with Crippen molar-refractivity contribution in [3.05, 3.63) is 40.5 Å². The van der Waals surface area contributed by atoms with E-state index in [1.54, 1.807) is 6.20 Å². The Morgan fingerprint density at radius 2 is 2.43 bits per heavy atom. The van der Waals surface area contributed by atoms with Gasteiger partial charge in [0, 0.05) is 11.1 Å². The molecule has 0 bridgehead atoms. The van der Waals surface area contributed by atoms with Crippen LogP contribution in [0.2, 0.25) is 0 Å². The van der Waals surface area contributed by atoms with E-state index in [1.807, 2.05) is 18.2 Å². The molecule has 0 aromatic carbocycles. The number of azide groups is 1. The number of pyridine rings is 1. The molecule has 1 saturated heterocycles. The van der Waals surface area contributed by atoms with Crippen molar-refractivity contribution >= 4 is 0 Å². The molecule has 2 N–H and O–H groups in total. The van der Waals surface area contributed by atoms with Gasteiger partial charge in [-0.2, -0.15) is 0 Å². The predicted molar refractivity (Wildman–Crippen MR) is 50.8 cm³/mol. The third-order valence-corrected chi connectivity index (χ3v) is 2.12. The molecule has 0 aliphatic carbocycles. The highest BCUT2D eigenvalue weighted by Gasteiger charge is 2.24. The van der Waals surface area contributed by atoms with Gasteiger partial charge in [-0.05, 0) is 24.1 Å². The first-order valence-electron chi connectivity index (χ1n) is 4.36. The van der Waals surface area contributed by atoms with Crippen LogP contribution in [0.1, 0.15) is 18.2 Å². The molecule has 14 heavy (non-hydrogen) atoms. The molecule has 2 rings (SSSR count). The Morgan fingerprint density at radius 1 is 1.50 bits per heavy atom. The summed E-state index contributed by atoms with van der Waals surface area (Å²) in [7, 11) is 0. The summed E-state index contributed by atoms with van der Waals surface area (Å²) in [5, 5.41) is 3.58. The Hall–Kier alpha value is -1.62. The van der Waals surface area contributed by atoms with Gasteiger partial charge in [0.05, 0.1) is 11.7 Å². The lowest BCUT2D eigenvalue weighted by atomic mass is 10.1. The van der Waals surface area contributed by atoms with Gasteiger partial charge in [0.1, 0.15) is 6.17 Å². The van der Waals surface area contributed by atoms with Crippen LogP contribution in [-0.4, -0.2) is 11.1 Å². The molecule has 1 aliphatic heterocycles. The normalized spacial score (nSPS) is 25.7. The van der Waals surface area contributed by atoms with E-state index >= 15 is 0 Å². The molecule has 0 amide bonds. The van der Waals surface area contributed by atoms with E-state index in [-0.39, 0.29) is 12.2 Å². The number of nitrogens with zero attached hydrogens (tertiary/aromatic N) is 4. The standard InChI is InChI=1S/C8H10N6/c9-14-13-8-5-7(11-12-8)6-3-1-2-4-10-6/h1-4,7-8,11-12H,5H2. The molecule has 0 radical (unpaired) electrons. The van der Waals surface area contributed by atoms with E-state index in [0.717, 1.165) is 12.1 Å². The molecule has 2 unspecified atom stereocenters. The lowest BCUT2D eigenvalue weighted by molar-refractivity contribution is 0.545. The summed E-state index contributed by atoms with van der Waals surface area (Å²) in [6.07, 6.45) is 2.28. The summed E-state index contributed by atoms with van der Waals surface area (Å²) < 4.78 is 0. The van der Waals surface area contributed by atoms with Crippen molar-refractivity contribution in [2.45, 2.75) is 18.6 Å². The van der Waals surface area contributed by atoms with Crippen molar-refractivity contribution in [1.82, 2.24) is 15.8 Å². The zero-order chi connectivity index (χ0) is 9.80. The molecular formula is C8H10N6. The minimum Gasteiger partial charge on any atom is -0.260 e. The third-order valence-electron chi connectivity index (χ3n) is 2.12. The van der Waals surface area contributed by atoms with Crippen molar-refractivity contribution in [2.75, 3.05) is 0 Å². The number of hydrogen-bond acceptors (Lipinski definition) is 4. The molecule has 2 heterocycles. The number of nitrogens with one attached hydrogen (secondary N) is 2. The van der Waals surface area contributed by atoms with Crippen LogP contribution in [0.15, 0.2) is 29.5 Å². The first-order chi connectivity index (χ1) is 6.90. The number of hydrazine groups is 1. The molecule has 6 heteroatoms. The van der Waals surface area contributed by atoms with E-state index in [9.17, 15) is 0 Å². The minimum absolute atomic E-state index is 0.117. The van der Waals surface area contributed by atoms with Gasteiger partial charge in [0.25, 0.3) is 0 Å². The Kier molecular flexibility index (Phi) is 2.60. The summed E-state index contributed by atoms with van der Waals surface area (Å²) in [6, 6.07) is 5.87. The van der Waals surface area contributed by atoms with E-state index in [2.05, 4.69) is 25.9 Å².